The summed E-state index contributed by atoms with van der Waals surface area (Å²) in [6.45, 7) is 6.17. The first-order valence-corrected chi connectivity index (χ1v) is 9.96. The van der Waals surface area contributed by atoms with Gasteiger partial charge < -0.3 is 9.80 Å². The van der Waals surface area contributed by atoms with E-state index in [-0.39, 0.29) is 17.9 Å². The predicted octanol–water partition coefficient (Wildman–Crippen LogP) is 2.68. The lowest BCUT2D eigenvalue weighted by atomic mass is 10.0. The van der Waals surface area contributed by atoms with E-state index in [2.05, 4.69) is 18.9 Å². The third kappa shape index (κ3) is 3.45. The molecule has 144 valence electrons. The van der Waals surface area contributed by atoms with Gasteiger partial charge >= 0.3 is 0 Å². The summed E-state index contributed by atoms with van der Waals surface area (Å²) in [5.41, 5.74) is 1.43. The van der Waals surface area contributed by atoms with Gasteiger partial charge in [0.25, 0.3) is 5.91 Å². The second-order valence-electron chi connectivity index (χ2n) is 8.29. The van der Waals surface area contributed by atoms with Crippen LogP contribution in [-0.4, -0.2) is 57.1 Å². The van der Waals surface area contributed by atoms with Gasteiger partial charge in [-0.25, -0.2) is 0 Å². The van der Waals surface area contributed by atoms with Crippen LogP contribution in [0, 0.1) is 11.8 Å². The van der Waals surface area contributed by atoms with E-state index in [9.17, 15) is 9.59 Å². The van der Waals surface area contributed by atoms with E-state index in [4.69, 9.17) is 0 Å². The summed E-state index contributed by atoms with van der Waals surface area (Å²) < 4.78 is 1.75. The number of hydrogen-bond donors (Lipinski definition) is 0. The van der Waals surface area contributed by atoms with Gasteiger partial charge in [0.1, 0.15) is 0 Å². The van der Waals surface area contributed by atoms with Crippen LogP contribution in [0.5, 0.6) is 0 Å². The standard InChI is InChI=1S/C21H28N4O2/c1-14(2)18-13-24(11-10-19(26)25(18)12-15-8-9-15)21(27)20-16-6-4-5-7-17(16)23(3)22-20/h4-7,14-15,18H,8-13H2,1-3H3/t18-/m1/s1. The molecule has 4 rings (SSSR count). The molecule has 2 aromatic rings. The molecule has 1 aromatic carbocycles. The van der Waals surface area contributed by atoms with E-state index < -0.39 is 0 Å². The minimum absolute atomic E-state index is 0.0690. The van der Waals surface area contributed by atoms with Crippen LogP contribution in [0.2, 0.25) is 0 Å². The van der Waals surface area contributed by atoms with Gasteiger partial charge in [-0.1, -0.05) is 32.0 Å². The minimum atomic E-state index is -0.0708. The molecule has 1 saturated heterocycles. The average Bonchev–Trinajstić information content (AvgIpc) is 3.43. The topological polar surface area (TPSA) is 58.4 Å². The van der Waals surface area contributed by atoms with Crippen molar-refractivity contribution in [1.82, 2.24) is 19.6 Å². The molecule has 27 heavy (non-hydrogen) atoms. The van der Waals surface area contributed by atoms with Crippen molar-refractivity contribution < 1.29 is 9.59 Å². The van der Waals surface area contributed by atoms with Gasteiger partial charge in [0.2, 0.25) is 5.91 Å². The molecule has 2 aliphatic rings. The van der Waals surface area contributed by atoms with E-state index in [1.165, 1.54) is 12.8 Å². The Morgan fingerprint density at radius 3 is 2.70 bits per heavy atom. The number of fused-ring (bicyclic) bond motifs is 1. The van der Waals surface area contributed by atoms with Crippen LogP contribution < -0.4 is 0 Å². The molecule has 1 atom stereocenters. The Labute approximate surface area is 160 Å². The van der Waals surface area contributed by atoms with Crippen molar-refractivity contribution in [3.05, 3.63) is 30.0 Å². The molecule has 1 aliphatic carbocycles. The first-order chi connectivity index (χ1) is 13.0. The number of aromatic nitrogens is 2. The fourth-order valence-electron chi connectivity index (χ4n) is 4.07. The van der Waals surface area contributed by atoms with Crippen LogP contribution in [0.15, 0.2) is 24.3 Å². The summed E-state index contributed by atoms with van der Waals surface area (Å²) in [5.74, 6) is 1.07. The van der Waals surface area contributed by atoms with Gasteiger partial charge in [-0.15, -0.1) is 0 Å². The summed E-state index contributed by atoms with van der Waals surface area (Å²) in [6, 6.07) is 7.87. The smallest absolute Gasteiger partial charge is 0.275 e. The van der Waals surface area contributed by atoms with Crippen molar-refractivity contribution in [1.29, 1.82) is 0 Å². The molecule has 2 fully saturated rings. The number of hydrogen-bond acceptors (Lipinski definition) is 3. The third-order valence-electron chi connectivity index (χ3n) is 5.89. The lowest BCUT2D eigenvalue weighted by Crippen LogP contribution is -2.48. The van der Waals surface area contributed by atoms with Crippen molar-refractivity contribution in [3.8, 4) is 0 Å². The quantitative estimate of drug-likeness (QED) is 0.834. The molecule has 0 bridgehead atoms. The van der Waals surface area contributed by atoms with Crippen molar-refractivity contribution in [3.63, 3.8) is 0 Å². The van der Waals surface area contributed by atoms with Gasteiger partial charge in [0, 0.05) is 38.5 Å². The Balaban J connectivity index is 1.62. The summed E-state index contributed by atoms with van der Waals surface area (Å²) in [6.07, 6.45) is 2.83. The van der Waals surface area contributed by atoms with E-state index in [0.717, 1.165) is 17.4 Å². The van der Waals surface area contributed by atoms with Gasteiger partial charge in [0.05, 0.1) is 11.6 Å². The average molecular weight is 368 g/mol. The van der Waals surface area contributed by atoms with E-state index in [1.807, 2.05) is 41.1 Å². The van der Waals surface area contributed by atoms with Gasteiger partial charge in [0.15, 0.2) is 5.69 Å². The molecule has 2 amide bonds. The number of para-hydroxylation sites is 1. The summed E-state index contributed by atoms with van der Waals surface area (Å²) >= 11 is 0. The van der Waals surface area contributed by atoms with Crippen molar-refractivity contribution >= 4 is 22.7 Å². The fraction of sp³-hybridized carbons (Fsp3) is 0.571. The largest absolute Gasteiger partial charge is 0.337 e. The summed E-state index contributed by atoms with van der Waals surface area (Å²) in [7, 11) is 1.86. The second-order valence-corrected chi connectivity index (χ2v) is 8.29. The highest BCUT2D eigenvalue weighted by atomic mass is 16.2. The lowest BCUT2D eigenvalue weighted by molar-refractivity contribution is -0.133. The maximum absolute atomic E-state index is 13.3. The maximum Gasteiger partial charge on any atom is 0.275 e. The van der Waals surface area contributed by atoms with E-state index in [1.54, 1.807) is 4.68 Å². The van der Waals surface area contributed by atoms with Gasteiger partial charge in [-0.05, 0) is 30.7 Å². The normalized spacial score (nSPS) is 21.2. The minimum Gasteiger partial charge on any atom is -0.337 e. The van der Waals surface area contributed by atoms with Crippen LogP contribution in [0.3, 0.4) is 0 Å². The second kappa shape index (κ2) is 6.98. The molecule has 0 N–H and O–H groups in total. The third-order valence-corrected chi connectivity index (χ3v) is 5.89. The highest BCUT2D eigenvalue weighted by Gasteiger charge is 2.37. The molecule has 0 radical (unpaired) electrons. The maximum atomic E-state index is 13.3. The highest BCUT2D eigenvalue weighted by molar-refractivity contribution is 6.05. The molecule has 1 aliphatic heterocycles. The number of amides is 2. The zero-order valence-electron chi connectivity index (χ0n) is 16.4. The predicted molar refractivity (Wildman–Crippen MR) is 104 cm³/mol. The molecular weight excluding hydrogens is 340 g/mol. The summed E-state index contributed by atoms with van der Waals surface area (Å²) in [5, 5.41) is 5.36. The lowest BCUT2D eigenvalue weighted by Gasteiger charge is -2.34. The van der Waals surface area contributed by atoms with Gasteiger partial charge in [-0.3, -0.25) is 14.3 Å². The number of carbonyl (C=O) groups excluding carboxylic acids is 2. The Kier molecular flexibility index (Phi) is 4.66. The Bertz CT molecular complexity index is 868. The van der Waals surface area contributed by atoms with Crippen LogP contribution in [0.1, 0.15) is 43.6 Å². The van der Waals surface area contributed by atoms with Gasteiger partial charge in [-0.2, -0.15) is 5.10 Å². The molecule has 2 heterocycles. The Morgan fingerprint density at radius 2 is 2.00 bits per heavy atom. The molecule has 6 heteroatoms. The molecule has 0 unspecified atom stereocenters. The molecule has 0 spiro atoms. The van der Waals surface area contributed by atoms with Crippen molar-refractivity contribution in [2.24, 2.45) is 18.9 Å². The van der Waals surface area contributed by atoms with Crippen molar-refractivity contribution in [2.75, 3.05) is 19.6 Å². The molecular formula is C21H28N4O2. The Hall–Kier alpha value is -2.37. The molecule has 1 aromatic heterocycles. The first kappa shape index (κ1) is 18.0. The van der Waals surface area contributed by atoms with Crippen molar-refractivity contribution in [2.45, 2.75) is 39.2 Å². The monoisotopic (exact) mass is 368 g/mol. The number of benzene rings is 1. The fourth-order valence-corrected chi connectivity index (χ4v) is 4.07. The van der Waals surface area contributed by atoms with Crippen LogP contribution in [0.4, 0.5) is 0 Å². The Morgan fingerprint density at radius 1 is 1.26 bits per heavy atom. The highest BCUT2D eigenvalue weighted by Crippen LogP contribution is 2.32. The summed E-state index contributed by atoms with van der Waals surface area (Å²) in [4.78, 5) is 30.0. The number of aryl methyl sites for hydroxylation is 1. The molecule has 6 nitrogen and oxygen atoms in total. The van der Waals surface area contributed by atoms with E-state index in [0.29, 0.717) is 37.0 Å². The SMILES string of the molecule is CC(C)[C@H]1CN(C(=O)c2nn(C)c3ccccc23)CCC(=O)N1CC1CC1. The zero-order chi connectivity index (χ0) is 19.1. The zero-order valence-corrected chi connectivity index (χ0v) is 16.4. The number of nitrogens with zero attached hydrogens (tertiary/aromatic N) is 4. The van der Waals surface area contributed by atoms with Crippen LogP contribution in [-0.2, 0) is 11.8 Å². The van der Waals surface area contributed by atoms with E-state index >= 15 is 0 Å². The van der Waals surface area contributed by atoms with Crippen LogP contribution >= 0.6 is 0 Å². The number of rotatable bonds is 4. The first-order valence-electron chi connectivity index (χ1n) is 9.96. The molecule has 1 saturated carbocycles. The number of carbonyl (C=O) groups is 2. The van der Waals surface area contributed by atoms with Crippen LogP contribution in [0.25, 0.3) is 10.9 Å².